The van der Waals surface area contributed by atoms with Gasteiger partial charge in [-0.3, -0.25) is 4.90 Å². The molecule has 1 fully saturated rings. The third-order valence-corrected chi connectivity index (χ3v) is 4.69. The lowest BCUT2D eigenvalue weighted by Crippen LogP contribution is -2.50. The molecule has 0 aromatic carbocycles. The molecule has 1 heterocycles. The maximum Gasteiger partial charge on any atom is 0.0586 e. The standard InChI is InChI=1S/C17H36N2O/c1-6-17(5,13-18-16(2,3)4)14-19-11-9-7-8-10-15(19)12-20/h15,18,20H,6-14H2,1-5H3. The van der Waals surface area contributed by atoms with Gasteiger partial charge in [-0.25, -0.2) is 0 Å². The van der Waals surface area contributed by atoms with Crippen LogP contribution in [0.25, 0.3) is 0 Å². The van der Waals surface area contributed by atoms with Gasteiger partial charge in [-0.15, -0.1) is 0 Å². The quantitative estimate of drug-likeness (QED) is 0.787. The number of aliphatic hydroxyl groups is 1. The number of likely N-dealkylation sites (tertiary alicyclic amines) is 1. The highest BCUT2D eigenvalue weighted by Crippen LogP contribution is 2.26. The number of nitrogens with one attached hydrogen (secondary N) is 1. The fraction of sp³-hybridized carbons (Fsp3) is 1.00. The minimum Gasteiger partial charge on any atom is -0.395 e. The molecule has 0 bridgehead atoms. The molecule has 0 amide bonds. The number of nitrogens with zero attached hydrogens (tertiary/aromatic N) is 1. The van der Waals surface area contributed by atoms with Crippen molar-refractivity contribution in [3.8, 4) is 0 Å². The largest absolute Gasteiger partial charge is 0.395 e. The van der Waals surface area contributed by atoms with Crippen LogP contribution in [0.4, 0.5) is 0 Å². The highest BCUT2D eigenvalue weighted by atomic mass is 16.3. The normalized spacial score (nSPS) is 25.2. The van der Waals surface area contributed by atoms with Crippen molar-refractivity contribution in [1.29, 1.82) is 0 Å². The monoisotopic (exact) mass is 284 g/mol. The lowest BCUT2D eigenvalue weighted by atomic mass is 9.85. The summed E-state index contributed by atoms with van der Waals surface area (Å²) in [5.74, 6) is 0. The van der Waals surface area contributed by atoms with Crippen molar-refractivity contribution in [2.45, 2.75) is 78.3 Å². The van der Waals surface area contributed by atoms with Crippen molar-refractivity contribution in [2.75, 3.05) is 26.2 Å². The molecule has 0 saturated carbocycles. The van der Waals surface area contributed by atoms with Crippen molar-refractivity contribution in [1.82, 2.24) is 10.2 Å². The Morgan fingerprint density at radius 3 is 2.40 bits per heavy atom. The first-order chi connectivity index (χ1) is 9.29. The summed E-state index contributed by atoms with van der Waals surface area (Å²) in [5.41, 5.74) is 0.455. The molecule has 2 N–H and O–H groups in total. The maximum absolute atomic E-state index is 9.66. The van der Waals surface area contributed by atoms with Gasteiger partial charge in [0, 0.05) is 24.7 Å². The van der Waals surface area contributed by atoms with Crippen molar-refractivity contribution >= 4 is 0 Å². The molecule has 1 aliphatic heterocycles. The van der Waals surface area contributed by atoms with Crippen LogP contribution in [-0.2, 0) is 0 Å². The number of hydrogen-bond acceptors (Lipinski definition) is 3. The van der Waals surface area contributed by atoms with E-state index in [4.69, 9.17) is 0 Å². The molecule has 2 atom stereocenters. The number of aliphatic hydroxyl groups excluding tert-OH is 1. The molecular formula is C17H36N2O. The van der Waals surface area contributed by atoms with Crippen LogP contribution in [0.15, 0.2) is 0 Å². The van der Waals surface area contributed by atoms with Crippen LogP contribution in [-0.4, -0.2) is 47.8 Å². The molecule has 20 heavy (non-hydrogen) atoms. The average molecular weight is 284 g/mol. The molecule has 0 aromatic rings. The molecule has 0 aromatic heterocycles. The van der Waals surface area contributed by atoms with E-state index in [2.05, 4.69) is 44.8 Å². The molecule has 3 heteroatoms. The average Bonchev–Trinajstić information content (AvgIpc) is 2.60. The molecule has 1 aliphatic rings. The zero-order chi connectivity index (χ0) is 15.2. The predicted octanol–water partition coefficient (Wildman–Crippen LogP) is 3.03. The summed E-state index contributed by atoms with van der Waals surface area (Å²) in [6.45, 7) is 15.0. The SMILES string of the molecule is CCC(C)(CNC(C)(C)C)CN1CCCCCC1CO. The van der Waals surface area contributed by atoms with E-state index in [0.717, 1.165) is 26.1 Å². The van der Waals surface area contributed by atoms with Crippen molar-refractivity contribution < 1.29 is 5.11 Å². The van der Waals surface area contributed by atoms with E-state index in [-0.39, 0.29) is 11.0 Å². The highest BCUT2D eigenvalue weighted by molar-refractivity contribution is 4.86. The van der Waals surface area contributed by atoms with Gasteiger partial charge in [0.2, 0.25) is 0 Å². The van der Waals surface area contributed by atoms with Crippen molar-refractivity contribution in [2.24, 2.45) is 5.41 Å². The fourth-order valence-corrected chi connectivity index (χ4v) is 2.91. The van der Waals surface area contributed by atoms with Gasteiger partial charge in [0.25, 0.3) is 0 Å². The van der Waals surface area contributed by atoms with Gasteiger partial charge in [-0.05, 0) is 52.0 Å². The highest BCUT2D eigenvalue weighted by Gasteiger charge is 2.30. The molecule has 1 rings (SSSR count). The summed E-state index contributed by atoms with van der Waals surface area (Å²) in [5, 5.41) is 13.3. The fourth-order valence-electron chi connectivity index (χ4n) is 2.91. The maximum atomic E-state index is 9.66. The van der Waals surface area contributed by atoms with E-state index in [0.29, 0.717) is 12.6 Å². The van der Waals surface area contributed by atoms with E-state index in [1.54, 1.807) is 0 Å². The van der Waals surface area contributed by atoms with E-state index in [9.17, 15) is 5.11 Å². The molecule has 1 saturated heterocycles. The molecular weight excluding hydrogens is 248 g/mol. The van der Waals surface area contributed by atoms with Gasteiger partial charge in [-0.1, -0.05) is 26.7 Å². The number of hydrogen-bond donors (Lipinski definition) is 2. The van der Waals surface area contributed by atoms with E-state index in [1.165, 1.54) is 25.7 Å². The van der Waals surface area contributed by atoms with Crippen LogP contribution in [0.2, 0.25) is 0 Å². The first kappa shape index (κ1) is 17.9. The first-order valence-electron chi connectivity index (χ1n) is 8.39. The summed E-state index contributed by atoms with van der Waals surface area (Å²) >= 11 is 0. The van der Waals surface area contributed by atoms with Crippen LogP contribution in [0.5, 0.6) is 0 Å². The zero-order valence-electron chi connectivity index (χ0n) is 14.3. The summed E-state index contributed by atoms with van der Waals surface area (Å²) in [4.78, 5) is 2.54. The Morgan fingerprint density at radius 2 is 1.85 bits per heavy atom. The molecule has 0 aliphatic carbocycles. The van der Waals surface area contributed by atoms with Gasteiger partial charge in [-0.2, -0.15) is 0 Å². The Labute approximate surface area is 126 Å². The van der Waals surface area contributed by atoms with E-state index in [1.807, 2.05) is 0 Å². The Balaban J connectivity index is 2.63. The second kappa shape index (κ2) is 7.77. The first-order valence-corrected chi connectivity index (χ1v) is 8.39. The van der Waals surface area contributed by atoms with E-state index < -0.39 is 0 Å². The van der Waals surface area contributed by atoms with Gasteiger partial charge in [0.15, 0.2) is 0 Å². The summed E-state index contributed by atoms with van der Waals surface area (Å²) in [7, 11) is 0. The third kappa shape index (κ3) is 6.11. The minimum atomic E-state index is 0.172. The van der Waals surface area contributed by atoms with Gasteiger partial charge in [0.1, 0.15) is 0 Å². The van der Waals surface area contributed by atoms with Crippen LogP contribution >= 0.6 is 0 Å². The smallest absolute Gasteiger partial charge is 0.0586 e. The molecule has 120 valence electrons. The lowest BCUT2D eigenvalue weighted by molar-refractivity contribution is 0.0750. The number of rotatable bonds is 6. The predicted molar refractivity (Wildman–Crippen MR) is 87.1 cm³/mol. The van der Waals surface area contributed by atoms with Crippen LogP contribution < -0.4 is 5.32 Å². The van der Waals surface area contributed by atoms with Crippen LogP contribution in [0, 0.1) is 5.41 Å². The molecule has 0 spiro atoms. The van der Waals surface area contributed by atoms with Crippen molar-refractivity contribution in [3.63, 3.8) is 0 Å². The zero-order valence-corrected chi connectivity index (χ0v) is 14.3. The lowest BCUT2D eigenvalue weighted by Gasteiger charge is -2.39. The topological polar surface area (TPSA) is 35.5 Å². The minimum absolute atomic E-state index is 0.172. The van der Waals surface area contributed by atoms with Gasteiger partial charge < -0.3 is 10.4 Å². The van der Waals surface area contributed by atoms with E-state index >= 15 is 0 Å². The summed E-state index contributed by atoms with van der Waals surface area (Å²) in [6, 6.07) is 0.373. The third-order valence-electron chi connectivity index (χ3n) is 4.69. The molecule has 2 unspecified atom stereocenters. The Kier molecular flexibility index (Phi) is 6.96. The van der Waals surface area contributed by atoms with Crippen LogP contribution in [0.3, 0.4) is 0 Å². The van der Waals surface area contributed by atoms with Crippen LogP contribution in [0.1, 0.15) is 66.7 Å². The van der Waals surface area contributed by atoms with Gasteiger partial charge >= 0.3 is 0 Å². The molecule has 3 nitrogen and oxygen atoms in total. The Bertz CT molecular complexity index is 275. The summed E-state index contributed by atoms with van der Waals surface area (Å²) in [6.07, 6.45) is 6.19. The second-order valence-electron chi connectivity index (χ2n) is 7.92. The summed E-state index contributed by atoms with van der Waals surface area (Å²) < 4.78 is 0. The second-order valence-corrected chi connectivity index (χ2v) is 7.92. The molecule has 0 radical (unpaired) electrons. The Hall–Kier alpha value is -0.120. The van der Waals surface area contributed by atoms with Crippen molar-refractivity contribution in [3.05, 3.63) is 0 Å². The van der Waals surface area contributed by atoms with Gasteiger partial charge in [0.05, 0.1) is 6.61 Å². The Morgan fingerprint density at radius 1 is 1.15 bits per heavy atom.